The van der Waals surface area contributed by atoms with E-state index in [1.165, 1.54) is 19.4 Å². The molecule has 0 aromatic carbocycles. The summed E-state index contributed by atoms with van der Waals surface area (Å²) >= 11 is 3.64. The monoisotopic (exact) mass is 402 g/mol. The van der Waals surface area contributed by atoms with Crippen molar-refractivity contribution in [2.45, 2.75) is 0 Å². The van der Waals surface area contributed by atoms with Crippen molar-refractivity contribution in [3.05, 3.63) is 34.5 Å². The summed E-state index contributed by atoms with van der Waals surface area (Å²) in [7, 11) is 0. The summed E-state index contributed by atoms with van der Waals surface area (Å²) < 4.78 is 4.01. The first-order valence-electron chi connectivity index (χ1n) is 2.38. The number of hydrogen-bond donors (Lipinski definition) is 0. The van der Waals surface area contributed by atoms with Crippen LogP contribution in [0.3, 0.4) is 0 Å². The zero-order chi connectivity index (χ0) is 7.11. The van der Waals surface area contributed by atoms with E-state index in [0.717, 1.165) is 5.57 Å². The molecule has 0 saturated carbocycles. The third-order valence-electron chi connectivity index (χ3n) is 0.666. The average molecular weight is 402 g/mol. The maximum absolute atomic E-state index is 3.79. The van der Waals surface area contributed by atoms with Crippen LogP contribution in [-0.2, 0) is 19.4 Å². The Labute approximate surface area is 80.3 Å². The quantitative estimate of drug-likeness (QED) is 0.503. The van der Waals surface area contributed by atoms with Crippen LogP contribution >= 0.6 is 22.6 Å². The molecular formula is C7H7IW. The fraction of sp³-hybridized carbons (Fsp3) is 0. The molecule has 0 aliphatic carbocycles. The van der Waals surface area contributed by atoms with Crippen LogP contribution in [0.25, 0.3) is 0 Å². The molecule has 0 aromatic heterocycles. The molecule has 0 aliphatic heterocycles. The van der Waals surface area contributed by atoms with Gasteiger partial charge in [0.15, 0.2) is 0 Å². The summed E-state index contributed by atoms with van der Waals surface area (Å²) in [6.45, 7) is 3.79. The SMILES string of the molecule is C=C(/C=C\[CH]=[W])/C=C/I. The average Bonchev–Trinajstić information content (AvgIpc) is 1.85. The number of hydrogen-bond acceptors (Lipinski definition) is 0. The van der Waals surface area contributed by atoms with E-state index >= 15 is 0 Å². The molecule has 0 saturated heterocycles. The van der Waals surface area contributed by atoms with E-state index in [1.807, 2.05) is 22.3 Å². The molecule has 0 spiro atoms. The Hall–Kier alpha value is 0.508. The molecule has 0 heterocycles. The zero-order valence-electron chi connectivity index (χ0n) is 4.88. The Balaban J connectivity index is 3.76. The molecule has 0 aliphatic rings. The van der Waals surface area contributed by atoms with E-state index in [-0.39, 0.29) is 0 Å². The fourth-order valence-corrected chi connectivity index (χ4v) is 1.04. The normalized spacial score (nSPS) is 10.8. The molecule has 0 nitrogen and oxygen atoms in total. The Kier molecular flexibility index (Phi) is 7.00. The van der Waals surface area contributed by atoms with Gasteiger partial charge in [0.2, 0.25) is 0 Å². The van der Waals surface area contributed by atoms with Gasteiger partial charge in [-0.15, -0.1) is 0 Å². The Morgan fingerprint density at radius 2 is 2.11 bits per heavy atom. The third kappa shape index (κ3) is 6.39. The molecule has 0 aromatic rings. The Bertz CT molecular complexity index is 156. The van der Waals surface area contributed by atoms with Crippen molar-refractivity contribution < 1.29 is 19.4 Å². The van der Waals surface area contributed by atoms with Crippen molar-refractivity contribution in [1.29, 1.82) is 0 Å². The Morgan fingerprint density at radius 1 is 1.44 bits per heavy atom. The molecule has 9 heavy (non-hydrogen) atoms. The maximum atomic E-state index is 3.79. The third-order valence-corrected chi connectivity index (χ3v) is 1.59. The molecule has 0 amide bonds. The van der Waals surface area contributed by atoms with Gasteiger partial charge >= 0.3 is 80.8 Å². The van der Waals surface area contributed by atoms with Crippen LogP contribution < -0.4 is 0 Å². The first-order valence-corrected chi connectivity index (χ1v) is 5.32. The van der Waals surface area contributed by atoms with Gasteiger partial charge < -0.3 is 0 Å². The summed E-state index contributed by atoms with van der Waals surface area (Å²) in [5, 5.41) is 0. The van der Waals surface area contributed by atoms with E-state index < -0.39 is 0 Å². The zero-order valence-corrected chi connectivity index (χ0v) is 9.97. The van der Waals surface area contributed by atoms with Crippen LogP contribution in [0.4, 0.5) is 0 Å². The first kappa shape index (κ1) is 9.51. The summed E-state index contributed by atoms with van der Waals surface area (Å²) in [6, 6.07) is 0. The summed E-state index contributed by atoms with van der Waals surface area (Å²) in [5.74, 6) is 0. The van der Waals surface area contributed by atoms with Gasteiger partial charge in [0.25, 0.3) is 0 Å². The molecule has 0 radical (unpaired) electrons. The molecular weight excluding hydrogens is 395 g/mol. The van der Waals surface area contributed by atoms with E-state index in [9.17, 15) is 0 Å². The molecule has 0 atom stereocenters. The second-order valence-corrected chi connectivity index (χ2v) is 3.06. The van der Waals surface area contributed by atoms with Crippen molar-refractivity contribution in [2.24, 2.45) is 0 Å². The number of halogens is 1. The molecule has 0 fully saturated rings. The second-order valence-electron chi connectivity index (χ2n) is 1.36. The van der Waals surface area contributed by atoms with Crippen LogP contribution in [-0.4, -0.2) is 4.40 Å². The van der Waals surface area contributed by atoms with Crippen LogP contribution in [0.1, 0.15) is 0 Å². The molecule has 0 bridgehead atoms. The number of allylic oxidation sites excluding steroid dienone is 4. The van der Waals surface area contributed by atoms with E-state index in [2.05, 4.69) is 33.6 Å². The van der Waals surface area contributed by atoms with Crippen molar-refractivity contribution in [1.82, 2.24) is 0 Å². The standard InChI is InChI=1S/C7H7I.W/c1-3-4-7(2)5-6-8;/h1,3-6H,2H2;/b4-3-,6-5+;. The summed E-state index contributed by atoms with van der Waals surface area (Å²) in [6.07, 6.45) is 5.96. The second kappa shape index (κ2) is 6.63. The van der Waals surface area contributed by atoms with Gasteiger partial charge in [0.05, 0.1) is 0 Å². The van der Waals surface area contributed by atoms with E-state index in [4.69, 9.17) is 0 Å². The topological polar surface area (TPSA) is 0 Å². The Morgan fingerprint density at radius 3 is 2.56 bits per heavy atom. The predicted octanol–water partition coefficient (Wildman–Crippen LogP) is 2.40. The summed E-state index contributed by atoms with van der Waals surface area (Å²) in [5.41, 5.74) is 1.04. The van der Waals surface area contributed by atoms with Gasteiger partial charge in [-0.05, 0) is 0 Å². The van der Waals surface area contributed by atoms with Gasteiger partial charge in [-0.2, -0.15) is 0 Å². The molecule has 0 rings (SSSR count). The van der Waals surface area contributed by atoms with Crippen molar-refractivity contribution in [3.8, 4) is 0 Å². The predicted molar refractivity (Wildman–Crippen MR) is 47.5 cm³/mol. The summed E-state index contributed by atoms with van der Waals surface area (Å²) in [4.78, 5) is 0. The molecule has 48 valence electrons. The number of rotatable bonds is 3. The molecule has 0 unspecified atom stereocenters. The molecule has 2 heteroatoms. The van der Waals surface area contributed by atoms with Crippen molar-refractivity contribution >= 4 is 27.0 Å². The van der Waals surface area contributed by atoms with Crippen LogP contribution in [0.15, 0.2) is 34.5 Å². The van der Waals surface area contributed by atoms with E-state index in [0.29, 0.717) is 0 Å². The molecule has 0 N–H and O–H groups in total. The van der Waals surface area contributed by atoms with Gasteiger partial charge in [0, 0.05) is 0 Å². The van der Waals surface area contributed by atoms with Crippen LogP contribution in [0.5, 0.6) is 0 Å². The van der Waals surface area contributed by atoms with Crippen LogP contribution in [0.2, 0.25) is 0 Å². The van der Waals surface area contributed by atoms with Gasteiger partial charge in [-0.1, -0.05) is 0 Å². The van der Waals surface area contributed by atoms with Gasteiger partial charge in [-0.3, -0.25) is 0 Å². The van der Waals surface area contributed by atoms with E-state index in [1.54, 1.807) is 0 Å². The van der Waals surface area contributed by atoms with Gasteiger partial charge in [-0.25, -0.2) is 0 Å². The van der Waals surface area contributed by atoms with Crippen LogP contribution in [0, 0.1) is 0 Å². The van der Waals surface area contributed by atoms with Crippen molar-refractivity contribution in [2.75, 3.05) is 0 Å². The first-order chi connectivity index (χ1) is 4.31. The fourth-order valence-electron chi connectivity index (χ4n) is 0.299. The van der Waals surface area contributed by atoms with Gasteiger partial charge in [0.1, 0.15) is 0 Å². The minimum absolute atomic E-state index is 1.04. The minimum atomic E-state index is 1.04. The van der Waals surface area contributed by atoms with Crippen molar-refractivity contribution in [3.63, 3.8) is 0 Å².